The van der Waals surface area contributed by atoms with Crippen LogP contribution >= 0.6 is 0 Å². The molecule has 0 saturated heterocycles. The first-order chi connectivity index (χ1) is 13.7. The fraction of sp³-hybridized carbons (Fsp3) is 0.0909. The summed E-state index contributed by atoms with van der Waals surface area (Å²) in [5.41, 5.74) is 4.37. The summed E-state index contributed by atoms with van der Waals surface area (Å²) < 4.78 is 6.77. The molecule has 3 aromatic rings. The monoisotopic (exact) mass is 374 g/mol. The average Bonchev–Trinajstić information content (AvgIpc) is 2.75. The van der Waals surface area contributed by atoms with E-state index in [0.29, 0.717) is 11.1 Å². The second kappa shape index (κ2) is 9.23. The first-order valence-electron chi connectivity index (χ1n) is 8.70. The number of carbonyl (C=O) groups is 2. The molecule has 1 N–H and O–H groups in total. The van der Waals surface area contributed by atoms with Crippen molar-refractivity contribution in [1.29, 1.82) is 0 Å². The maximum Gasteiger partial charge on any atom is 0.277 e. The van der Waals surface area contributed by atoms with Gasteiger partial charge in [-0.2, -0.15) is 9.67 Å². The van der Waals surface area contributed by atoms with E-state index in [4.69, 9.17) is 4.74 Å². The molecule has 28 heavy (non-hydrogen) atoms. The van der Waals surface area contributed by atoms with Crippen LogP contribution in [0.5, 0.6) is 5.75 Å². The molecular formula is C22H20N3O3+. The third-order valence-corrected chi connectivity index (χ3v) is 4.04. The van der Waals surface area contributed by atoms with Gasteiger partial charge >= 0.3 is 0 Å². The van der Waals surface area contributed by atoms with Crippen molar-refractivity contribution < 1.29 is 18.9 Å². The molecule has 0 saturated carbocycles. The molecule has 6 heteroatoms. The molecule has 2 aromatic carbocycles. The maximum absolute atomic E-state index is 12.3. The smallest absolute Gasteiger partial charge is 0.277 e. The summed E-state index contributed by atoms with van der Waals surface area (Å²) in [5.74, 6) is 0.368. The maximum atomic E-state index is 12.3. The van der Waals surface area contributed by atoms with E-state index in [1.807, 2.05) is 42.5 Å². The summed E-state index contributed by atoms with van der Waals surface area (Å²) in [4.78, 5) is 24.6. The van der Waals surface area contributed by atoms with Crippen LogP contribution in [-0.4, -0.2) is 25.0 Å². The lowest BCUT2D eigenvalue weighted by atomic mass is 10.1. The van der Waals surface area contributed by atoms with Crippen LogP contribution in [0, 0.1) is 0 Å². The minimum absolute atomic E-state index is 0.0271. The number of aromatic nitrogens is 1. The van der Waals surface area contributed by atoms with Gasteiger partial charge in [0, 0.05) is 11.6 Å². The Kier molecular flexibility index (Phi) is 6.25. The molecule has 0 unspecified atom stereocenters. The number of hydrazone groups is 1. The van der Waals surface area contributed by atoms with Crippen LogP contribution in [0.4, 0.5) is 0 Å². The van der Waals surface area contributed by atoms with E-state index in [0.717, 1.165) is 11.3 Å². The van der Waals surface area contributed by atoms with Crippen molar-refractivity contribution in [2.45, 2.75) is 6.54 Å². The van der Waals surface area contributed by atoms with Crippen LogP contribution in [0.15, 0.2) is 84.2 Å². The zero-order valence-corrected chi connectivity index (χ0v) is 15.4. The normalized spacial score (nSPS) is 10.6. The van der Waals surface area contributed by atoms with Gasteiger partial charge in [-0.1, -0.05) is 30.3 Å². The highest BCUT2D eigenvalue weighted by Crippen LogP contribution is 2.09. The minimum Gasteiger partial charge on any atom is -0.497 e. The number of ether oxygens (including phenoxy) is 1. The van der Waals surface area contributed by atoms with E-state index in [2.05, 4.69) is 10.5 Å². The van der Waals surface area contributed by atoms with E-state index in [1.54, 1.807) is 54.6 Å². The summed E-state index contributed by atoms with van der Waals surface area (Å²) in [6.07, 6.45) is 4.92. The Balaban J connectivity index is 1.61. The summed E-state index contributed by atoms with van der Waals surface area (Å²) in [7, 11) is 1.60. The lowest BCUT2D eigenvalue weighted by Gasteiger charge is -2.01. The summed E-state index contributed by atoms with van der Waals surface area (Å²) >= 11 is 0. The van der Waals surface area contributed by atoms with Crippen molar-refractivity contribution in [3.63, 3.8) is 0 Å². The molecule has 1 heterocycles. The molecule has 0 spiro atoms. The fourth-order valence-electron chi connectivity index (χ4n) is 2.56. The van der Waals surface area contributed by atoms with Gasteiger partial charge in [0.25, 0.3) is 5.91 Å². The molecule has 3 rings (SSSR count). The number of nitrogens with one attached hydrogen (secondary N) is 1. The molecular weight excluding hydrogens is 354 g/mol. The number of amides is 1. The number of hydrogen-bond donors (Lipinski definition) is 1. The van der Waals surface area contributed by atoms with Crippen molar-refractivity contribution >= 4 is 17.9 Å². The third-order valence-electron chi connectivity index (χ3n) is 4.04. The standard InChI is InChI=1S/C22H19N3O3/c1-28-20-11-9-17(10-12-20)14-23-24-22(27)19-8-5-13-25(15-19)16-21(26)18-6-3-2-4-7-18/h2-15H,16H2,1H3/p+1/b23-14+. The Morgan fingerprint density at radius 2 is 1.71 bits per heavy atom. The summed E-state index contributed by atoms with van der Waals surface area (Å²) in [5, 5.41) is 3.97. The zero-order chi connectivity index (χ0) is 19.8. The number of methoxy groups -OCH3 is 1. The van der Waals surface area contributed by atoms with E-state index >= 15 is 0 Å². The first kappa shape index (κ1) is 19.0. The molecule has 0 aliphatic carbocycles. The van der Waals surface area contributed by atoms with E-state index in [1.165, 1.54) is 0 Å². The lowest BCUT2D eigenvalue weighted by molar-refractivity contribution is -0.683. The number of ketones is 1. The van der Waals surface area contributed by atoms with Crippen molar-refractivity contribution in [3.8, 4) is 5.75 Å². The highest BCUT2D eigenvalue weighted by molar-refractivity contribution is 5.95. The number of carbonyl (C=O) groups excluding carboxylic acids is 2. The van der Waals surface area contributed by atoms with E-state index < -0.39 is 0 Å². The number of rotatable bonds is 7. The van der Waals surface area contributed by atoms with Gasteiger partial charge in [-0.3, -0.25) is 9.59 Å². The summed E-state index contributed by atoms with van der Waals surface area (Å²) in [6, 6.07) is 19.7. The predicted octanol–water partition coefficient (Wildman–Crippen LogP) is 2.63. The Morgan fingerprint density at radius 3 is 2.43 bits per heavy atom. The molecule has 1 amide bonds. The van der Waals surface area contributed by atoms with E-state index in [-0.39, 0.29) is 18.2 Å². The number of nitrogens with zero attached hydrogens (tertiary/aromatic N) is 2. The Bertz CT molecular complexity index is 983. The average molecular weight is 374 g/mol. The molecule has 0 aliphatic heterocycles. The number of pyridine rings is 1. The van der Waals surface area contributed by atoms with Crippen LogP contribution in [-0.2, 0) is 6.54 Å². The molecule has 0 bridgehead atoms. The van der Waals surface area contributed by atoms with Crippen molar-refractivity contribution in [3.05, 3.63) is 95.8 Å². The van der Waals surface area contributed by atoms with Gasteiger partial charge in [-0.15, -0.1) is 0 Å². The fourth-order valence-corrected chi connectivity index (χ4v) is 2.56. The highest BCUT2D eigenvalue weighted by atomic mass is 16.5. The first-order valence-corrected chi connectivity index (χ1v) is 8.70. The van der Waals surface area contributed by atoms with Gasteiger partial charge in [-0.25, -0.2) is 5.43 Å². The SMILES string of the molecule is COc1ccc(/C=N/NC(=O)c2ccc[n+](CC(=O)c3ccccc3)c2)cc1. The van der Waals surface area contributed by atoms with Crippen LogP contribution in [0.2, 0.25) is 0 Å². The molecule has 0 aliphatic rings. The van der Waals surface area contributed by atoms with Gasteiger partial charge in [-0.05, 0) is 35.9 Å². The predicted molar refractivity (Wildman–Crippen MR) is 105 cm³/mol. The van der Waals surface area contributed by atoms with E-state index in [9.17, 15) is 9.59 Å². The molecule has 1 aromatic heterocycles. The quantitative estimate of drug-likeness (QED) is 0.299. The Labute approximate surface area is 163 Å². The summed E-state index contributed by atoms with van der Waals surface area (Å²) in [6.45, 7) is 0.153. The van der Waals surface area contributed by atoms with Crippen LogP contribution in [0.3, 0.4) is 0 Å². The van der Waals surface area contributed by atoms with Crippen LogP contribution in [0.1, 0.15) is 26.3 Å². The van der Waals surface area contributed by atoms with Crippen molar-refractivity contribution in [2.75, 3.05) is 7.11 Å². The molecule has 0 radical (unpaired) electrons. The van der Waals surface area contributed by atoms with Crippen LogP contribution in [0.25, 0.3) is 0 Å². The van der Waals surface area contributed by atoms with Gasteiger partial charge in [0.2, 0.25) is 12.3 Å². The number of benzene rings is 2. The largest absolute Gasteiger partial charge is 0.497 e. The van der Waals surface area contributed by atoms with Gasteiger partial charge in [0.15, 0.2) is 12.4 Å². The molecule has 6 nitrogen and oxygen atoms in total. The number of Topliss-reactive ketones (excluding diaryl/α,β-unsaturated/α-hetero) is 1. The second-order valence-electron chi connectivity index (χ2n) is 6.03. The zero-order valence-electron chi connectivity index (χ0n) is 15.4. The van der Waals surface area contributed by atoms with Gasteiger partial charge in [0.05, 0.1) is 13.3 Å². The lowest BCUT2D eigenvalue weighted by Crippen LogP contribution is -2.38. The second-order valence-corrected chi connectivity index (χ2v) is 6.03. The topological polar surface area (TPSA) is 71.6 Å². The Hall–Kier alpha value is -3.80. The van der Waals surface area contributed by atoms with Gasteiger partial charge < -0.3 is 4.74 Å². The molecule has 140 valence electrons. The highest BCUT2D eigenvalue weighted by Gasteiger charge is 2.14. The minimum atomic E-state index is -0.355. The van der Waals surface area contributed by atoms with Crippen molar-refractivity contribution in [2.24, 2.45) is 5.10 Å². The molecule has 0 fully saturated rings. The molecule has 0 atom stereocenters. The third kappa shape index (κ3) is 5.11. The van der Waals surface area contributed by atoms with Crippen molar-refractivity contribution in [1.82, 2.24) is 5.43 Å². The van der Waals surface area contributed by atoms with Gasteiger partial charge in [0.1, 0.15) is 11.3 Å². The van der Waals surface area contributed by atoms with Crippen LogP contribution < -0.4 is 14.7 Å². The number of hydrogen-bond acceptors (Lipinski definition) is 4. The Morgan fingerprint density at radius 1 is 1.00 bits per heavy atom.